The fourth-order valence-corrected chi connectivity index (χ4v) is 2.61. The van der Waals surface area contributed by atoms with E-state index in [4.69, 9.17) is 0 Å². The number of hydrogen-bond acceptors (Lipinski definition) is 2. The van der Waals surface area contributed by atoms with Gasteiger partial charge in [-0.15, -0.1) is 0 Å². The average Bonchev–Trinajstić information content (AvgIpc) is 2.51. The molecule has 0 unspecified atom stereocenters. The SMILES string of the molecule is O=C(C=Cc1cccc(C(F)(F)F)c1C(F)(F)F)N1CCC(O)CC1. The van der Waals surface area contributed by atoms with Crippen LogP contribution in [-0.4, -0.2) is 35.1 Å². The maximum Gasteiger partial charge on any atom is 0.417 e. The van der Waals surface area contributed by atoms with Gasteiger partial charge in [0.05, 0.1) is 17.2 Å². The highest BCUT2D eigenvalue weighted by Gasteiger charge is 2.44. The van der Waals surface area contributed by atoms with E-state index >= 15 is 0 Å². The number of aliphatic hydroxyl groups is 1. The van der Waals surface area contributed by atoms with Gasteiger partial charge in [-0.05, 0) is 30.5 Å². The number of halogens is 6. The van der Waals surface area contributed by atoms with Crippen LogP contribution >= 0.6 is 0 Å². The zero-order valence-corrected chi connectivity index (χ0v) is 12.9. The Balaban J connectivity index is 2.31. The van der Waals surface area contributed by atoms with E-state index in [1.165, 1.54) is 4.90 Å². The van der Waals surface area contributed by atoms with Crippen LogP contribution < -0.4 is 0 Å². The number of benzene rings is 1. The van der Waals surface area contributed by atoms with Gasteiger partial charge in [0, 0.05) is 19.2 Å². The molecule has 1 saturated heterocycles. The third kappa shape index (κ3) is 4.75. The molecule has 0 spiro atoms. The molecule has 0 saturated carbocycles. The molecule has 0 atom stereocenters. The summed E-state index contributed by atoms with van der Waals surface area (Å²) in [6.45, 7) is 0.470. The molecule has 1 aromatic rings. The van der Waals surface area contributed by atoms with E-state index in [2.05, 4.69) is 0 Å². The Morgan fingerprint density at radius 3 is 2.20 bits per heavy atom. The first-order chi connectivity index (χ1) is 11.5. The van der Waals surface area contributed by atoms with E-state index in [9.17, 15) is 36.2 Å². The van der Waals surface area contributed by atoms with E-state index in [-0.39, 0.29) is 13.1 Å². The monoisotopic (exact) mass is 367 g/mol. The van der Waals surface area contributed by atoms with Crippen molar-refractivity contribution in [3.63, 3.8) is 0 Å². The second-order valence-electron chi connectivity index (χ2n) is 5.66. The highest BCUT2D eigenvalue weighted by atomic mass is 19.4. The Morgan fingerprint density at radius 1 is 1.08 bits per heavy atom. The second-order valence-corrected chi connectivity index (χ2v) is 5.66. The molecule has 25 heavy (non-hydrogen) atoms. The minimum absolute atomic E-state index is 0.235. The summed E-state index contributed by atoms with van der Waals surface area (Å²) in [6, 6.07) is 2.09. The molecule has 0 aromatic heterocycles. The molecular weight excluding hydrogens is 352 g/mol. The van der Waals surface area contributed by atoms with Gasteiger partial charge in [-0.25, -0.2) is 0 Å². The van der Waals surface area contributed by atoms with Crippen molar-refractivity contribution in [3.05, 3.63) is 41.0 Å². The van der Waals surface area contributed by atoms with E-state index < -0.39 is 41.1 Å². The maximum absolute atomic E-state index is 13.1. The first kappa shape index (κ1) is 19.3. The van der Waals surface area contributed by atoms with Crippen LogP contribution in [0.3, 0.4) is 0 Å². The summed E-state index contributed by atoms with van der Waals surface area (Å²) < 4.78 is 77.9. The molecule has 3 nitrogen and oxygen atoms in total. The molecule has 1 heterocycles. The summed E-state index contributed by atoms with van der Waals surface area (Å²) in [4.78, 5) is 13.3. The molecule has 0 bridgehead atoms. The summed E-state index contributed by atoms with van der Waals surface area (Å²) in [5.41, 5.74) is -4.34. The summed E-state index contributed by atoms with van der Waals surface area (Å²) >= 11 is 0. The Kier molecular flexibility index (Phi) is 5.46. The minimum atomic E-state index is -5.22. The summed E-state index contributed by atoms with van der Waals surface area (Å²) in [5, 5.41) is 9.36. The van der Waals surface area contributed by atoms with Crippen LogP contribution in [0.1, 0.15) is 29.5 Å². The number of piperidine rings is 1. The van der Waals surface area contributed by atoms with Crippen molar-refractivity contribution in [2.45, 2.75) is 31.3 Å². The van der Waals surface area contributed by atoms with Gasteiger partial charge >= 0.3 is 12.4 Å². The van der Waals surface area contributed by atoms with Crippen LogP contribution in [0.15, 0.2) is 24.3 Å². The first-order valence-corrected chi connectivity index (χ1v) is 7.42. The van der Waals surface area contributed by atoms with Gasteiger partial charge in [0.25, 0.3) is 0 Å². The number of hydrogen-bond donors (Lipinski definition) is 1. The van der Waals surface area contributed by atoms with Crippen molar-refractivity contribution in [3.8, 4) is 0 Å². The van der Waals surface area contributed by atoms with Crippen molar-refractivity contribution in [2.24, 2.45) is 0 Å². The minimum Gasteiger partial charge on any atom is -0.393 e. The topological polar surface area (TPSA) is 40.5 Å². The van der Waals surface area contributed by atoms with Crippen LogP contribution in [0.25, 0.3) is 6.08 Å². The average molecular weight is 367 g/mol. The van der Waals surface area contributed by atoms with Gasteiger partial charge in [-0.3, -0.25) is 4.79 Å². The van der Waals surface area contributed by atoms with E-state index in [1.807, 2.05) is 0 Å². The number of alkyl halides is 6. The highest BCUT2D eigenvalue weighted by molar-refractivity contribution is 5.92. The van der Waals surface area contributed by atoms with Crippen LogP contribution in [0.4, 0.5) is 26.3 Å². The van der Waals surface area contributed by atoms with Crippen molar-refractivity contribution < 1.29 is 36.2 Å². The fourth-order valence-electron chi connectivity index (χ4n) is 2.61. The third-order valence-corrected chi connectivity index (χ3v) is 3.87. The van der Waals surface area contributed by atoms with Gasteiger partial charge in [0.2, 0.25) is 5.91 Å². The lowest BCUT2D eigenvalue weighted by atomic mass is 9.99. The Morgan fingerprint density at radius 2 is 1.68 bits per heavy atom. The fraction of sp³-hybridized carbons (Fsp3) is 0.438. The molecule has 1 amide bonds. The lowest BCUT2D eigenvalue weighted by Gasteiger charge is -2.28. The number of likely N-dealkylation sites (tertiary alicyclic amines) is 1. The van der Waals surface area contributed by atoms with Gasteiger partial charge < -0.3 is 10.0 Å². The maximum atomic E-state index is 13.1. The Hall–Kier alpha value is -2.03. The number of aliphatic hydroxyl groups excluding tert-OH is 1. The molecular formula is C16H15F6NO2. The van der Waals surface area contributed by atoms with E-state index in [1.54, 1.807) is 0 Å². The molecule has 1 N–H and O–H groups in total. The summed E-state index contributed by atoms with van der Waals surface area (Å²) in [5.74, 6) is -0.613. The first-order valence-electron chi connectivity index (χ1n) is 7.42. The van der Waals surface area contributed by atoms with Gasteiger partial charge in [0.15, 0.2) is 0 Å². The molecule has 1 aromatic carbocycles. The number of carbonyl (C=O) groups excluding carboxylic acids is 1. The lowest BCUT2D eigenvalue weighted by Crippen LogP contribution is -2.39. The van der Waals surface area contributed by atoms with Crippen molar-refractivity contribution >= 4 is 12.0 Å². The van der Waals surface area contributed by atoms with Crippen LogP contribution in [-0.2, 0) is 17.1 Å². The molecule has 1 aliphatic rings. The molecule has 138 valence electrons. The Labute approximate surface area is 139 Å². The van der Waals surface area contributed by atoms with Crippen molar-refractivity contribution in [1.82, 2.24) is 4.90 Å². The van der Waals surface area contributed by atoms with Gasteiger partial charge in [0.1, 0.15) is 0 Å². The van der Waals surface area contributed by atoms with Crippen LogP contribution in [0.5, 0.6) is 0 Å². The molecule has 0 aliphatic carbocycles. The normalized spacial score (nSPS) is 17.3. The quantitative estimate of drug-likeness (QED) is 0.639. The van der Waals surface area contributed by atoms with Crippen LogP contribution in [0, 0.1) is 0 Å². The predicted molar refractivity (Wildman–Crippen MR) is 77.3 cm³/mol. The van der Waals surface area contributed by atoms with Crippen molar-refractivity contribution in [2.75, 3.05) is 13.1 Å². The third-order valence-electron chi connectivity index (χ3n) is 3.87. The van der Waals surface area contributed by atoms with E-state index in [0.29, 0.717) is 18.9 Å². The van der Waals surface area contributed by atoms with E-state index in [0.717, 1.165) is 24.3 Å². The smallest absolute Gasteiger partial charge is 0.393 e. The predicted octanol–water partition coefficient (Wildman–Crippen LogP) is 3.72. The highest BCUT2D eigenvalue weighted by Crippen LogP contribution is 2.42. The Bertz CT molecular complexity index is 658. The molecule has 2 rings (SSSR count). The number of carbonyl (C=O) groups is 1. The largest absolute Gasteiger partial charge is 0.417 e. The zero-order chi connectivity index (χ0) is 18.8. The molecule has 9 heteroatoms. The second kappa shape index (κ2) is 7.07. The molecule has 1 fully saturated rings. The molecule has 0 radical (unpaired) electrons. The number of rotatable bonds is 2. The summed E-state index contributed by atoms with van der Waals surface area (Å²) in [6.07, 6.45) is -8.67. The van der Waals surface area contributed by atoms with Crippen LogP contribution in [0.2, 0.25) is 0 Å². The molecule has 1 aliphatic heterocycles. The van der Waals surface area contributed by atoms with Gasteiger partial charge in [-0.1, -0.05) is 12.1 Å². The number of nitrogens with zero attached hydrogens (tertiary/aromatic N) is 1. The van der Waals surface area contributed by atoms with Crippen molar-refractivity contribution in [1.29, 1.82) is 0 Å². The lowest BCUT2D eigenvalue weighted by molar-refractivity contribution is -0.162. The standard InChI is InChI=1S/C16H15F6NO2/c17-15(18,19)12-3-1-2-10(14(12)16(20,21)22)4-5-13(25)23-8-6-11(24)7-9-23/h1-5,11,24H,6-9H2. The van der Waals surface area contributed by atoms with Gasteiger partial charge in [-0.2, -0.15) is 26.3 Å². The number of amides is 1. The summed E-state index contributed by atoms with van der Waals surface area (Å²) in [7, 11) is 0. The zero-order valence-electron chi connectivity index (χ0n) is 12.9.